The highest BCUT2D eigenvalue weighted by Gasteiger charge is 2.27. The Kier molecular flexibility index (Phi) is 3.67. The third kappa shape index (κ3) is 2.78. The molecule has 92 valence electrons. The van der Waals surface area contributed by atoms with Gasteiger partial charge in [0.15, 0.2) is 0 Å². The van der Waals surface area contributed by atoms with Gasteiger partial charge in [-0.05, 0) is 18.4 Å². The molecule has 1 aliphatic heterocycles. The molecule has 0 saturated heterocycles. The summed E-state index contributed by atoms with van der Waals surface area (Å²) in [6.45, 7) is 5.55. The van der Waals surface area contributed by atoms with Gasteiger partial charge in [-0.25, -0.2) is 0 Å². The Balaban J connectivity index is 2.10. The van der Waals surface area contributed by atoms with Crippen molar-refractivity contribution in [1.82, 2.24) is 5.32 Å². The van der Waals surface area contributed by atoms with Gasteiger partial charge < -0.3 is 10.1 Å². The topological polar surface area (TPSA) is 38.3 Å². The summed E-state index contributed by atoms with van der Waals surface area (Å²) < 4.78 is 5.55. The summed E-state index contributed by atoms with van der Waals surface area (Å²) in [5.41, 5.74) is 1.01. The van der Waals surface area contributed by atoms with Crippen LogP contribution in [0.1, 0.15) is 31.7 Å². The molecule has 3 heteroatoms. The van der Waals surface area contributed by atoms with Crippen LogP contribution in [0.2, 0.25) is 0 Å². The number of carbonyl (C=O) groups excluding carboxylic acids is 1. The summed E-state index contributed by atoms with van der Waals surface area (Å²) in [7, 11) is 0. The number of rotatable bonds is 3. The zero-order valence-corrected chi connectivity index (χ0v) is 10.4. The highest BCUT2D eigenvalue weighted by atomic mass is 16.5. The minimum absolute atomic E-state index is 0.0568. The Labute approximate surface area is 102 Å². The molecule has 1 aromatic rings. The third-order valence-corrected chi connectivity index (χ3v) is 2.96. The van der Waals surface area contributed by atoms with Gasteiger partial charge in [0.05, 0.1) is 12.5 Å². The highest BCUT2D eigenvalue weighted by Crippen LogP contribution is 2.33. The molecule has 0 bridgehead atoms. The molecule has 17 heavy (non-hydrogen) atoms. The average Bonchev–Trinajstić information content (AvgIpc) is 2.35. The number of fused-ring (bicyclic) bond motifs is 1. The smallest absolute Gasteiger partial charge is 0.227 e. The van der Waals surface area contributed by atoms with E-state index < -0.39 is 0 Å². The molecule has 0 saturated carbocycles. The lowest BCUT2D eigenvalue weighted by Gasteiger charge is -2.25. The molecular formula is C14H19NO2. The summed E-state index contributed by atoms with van der Waals surface area (Å²) in [5, 5.41) is 3.00. The van der Waals surface area contributed by atoms with E-state index in [9.17, 15) is 4.79 Å². The van der Waals surface area contributed by atoms with Crippen LogP contribution in [0.5, 0.6) is 5.75 Å². The first-order chi connectivity index (χ1) is 8.18. The van der Waals surface area contributed by atoms with E-state index in [-0.39, 0.29) is 11.8 Å². The molecule has 1 unspecified atom stereocenters. The van der Waals surface area contributed by atoms with Crippen molar-refractivity contribution in [1.29, 1.82) is 0 Å². The van der Waals surface area contributed by atoms with Gasteiger partial charge in [0.2, 0.25) is 5.91 Å². The van der Waals surface area contributed by atoms with Crippen LogP contribution in [0.4, 0.5) is 0 Å². The maximum atomic E-state index is 12.1. The van der Waals surface area contributed by atoms with E-state index in [2.05, 4.69) is 19.2 Å². The minimum atomic E-state index is -0.0568. The van der Waals surface area contributed by atoms with Gasteiger partial charge >= 0.3 is 0 Å². The van der Waals surface area contributed by atoms with Gasteiger partial charge in [-0.3, -0.25) is 4.79 Å². The van der Waals surface area contributed by atoms with Crippen LogP contribution in [0.15, 0.2) is 24.3 Å². The first-order valence-corrected chi connectivity index (χ1v) is 6.18. The van der Waals surface area contributed by atoms with Gasteiger partial charge in [-0.15, -0.1) is 0 Å². The predicted molar refractivity (Wildman–Crippen MR) is 67.1 cm³/mol. The fourth-order valence-corrected chi connectivity index (χ4v) is 2.04. The lowest BCUT2D eigenvalue weighted by molar-refractivity contribution is -0.123. The molecule has 0 radical (unpaired) electrons. The standard InChI is InChI=1S/C14H19NO2/c1-10(2)9-15-14(16)12-7-8-17-13-6-4-3-5-11(12)13/h3-6,10,12H,7-9H2,1-2H3,(H,15,16). The van der Waals surface area contributed by atoms with Crippen LogP contribution in [0.3, 0.4) is 0 Å². The van der Waals surface area contributed by atoms with Crippen molar-refractivity contribution in [3.8, 4) is 5.75 Å². The molecule has 1 aromatic carbocycles. The maximum Gasteiger partial charge on any atom is 0.227 e. The predicted octanol–water partition coefficient (Wildman–Crippen LogP) is 2.32. The number of amides is 1. The van der Waals surface area contributed by atoms with Crippen molar-refractivity contribution < 1.29 is 9.53 Å². The van der Waals surface area contributed by atoms with E-state index in [1.807, 2.05) is 24.3 Å². The monoisotopic (exact) mass is 233 g/mol. The Morgan fingerprint density at radius 1 is 1.47 bits per heavy atom. The fourth-order valence-electron chi connectivity index (χ4n) is 2.04. The van der Waals surface area contributed by atoms with Crippen LogP contribution in [0, 0.1) is 5.92 Å². The van der Waals surface area contributed by atoms with Crippen molar-refractivity contribution in [2.24, 2.45) is 5.92 Å². The molecule has 1 N–H and O–H groups in total. The Hall–Kier alpha value is -1.51. The number of hydrogen-bond acceptors (Lipinski definition) is 2. The molecule has 3 nitrogen and oxygen atoms in total. The van der Waals surface area contributed by atoms with Crippen molar-refractivity contribution >= 4 is 5.91 Å². The van der Waals surface area contributed by atoms with Crippen LogP contribution >= 0.6 is 0 Å². The summed E-state index contributed by atoms with van der Waals surface area (Å²) in [5.74, 6) is 1.39. The quantitative estimate of drug-likeness (QED) is 0.870. The first kappa shape index (κ1) is 12.0. The fraction of sp³-hybridized carbons (Fsp3) is 0.500. The second-order valence-electron chi connectivity index (χ2n) is 4.87. The normalized spacial score (nSPS) is 18.4. The molecule has 0 fully saturated rings. The Bertz CT molecular complexity index is 401. The number of para-hydroxylation sites is 1. The molecule has 0 aliphatic carbocycles. The van der Waals surface area contributed by atoms with Crippen LogP contribution in [-0.4, -0.2) is 19.1 Å². The molecule has 1 atom stereocenters. The van der Waals surface area contributed by atoms with E-state index in [1.165, 1.54) is 0 Å². The van der Waals surface area contributed by atoms with E-state index in [0.717, 1.165) is 24.3 Å². The largest absolute Gasteiger partial charge is 0.493 e. The number of benzene rings is 1. The van der Waals surface area contributed by atoms with Crippen LogP contribution in [-0.2, 0) is 4.79 Å². The van der Waals surface area contributed by atoms with Gasteiger partial charge in [0.1, 0.15) is 5.75 Å². The summed E-state index contributed by atoms with van der Waals surface area (Å²) in [6, 6.07) is 7.80. The zero-order chi connectivity index (χ0) is 12.3. The molecule has 0 aromatic heterocycles. The Morgan fingerprint density at radius 3 is 3.00 bits per heavy atom. The summed E-state index contributed by atoms with van der Waals surface area (Å²) >= 11 is 0. The summed E-state index contributed by atoms with van der Waals surface area (Å²) in [6.07, 6.45) is 0.765. The molecule has 1 aliphatic rings. The molecular weight excluding hydrogens is 214 g/mol. The number of nitrogens with one attached hydrogen (secondary N) is 1. The van der Waals surface area contributed by atoms with E-state index in [4.69, 9.17) is 4.74 Å². The lowest BCUT2D eigenvalue weighted by atomic mass is 9.92. The van der Waals surface area contributed by atoms with Crippen molar-refractivity contribution in [3.63, 3.8) is 0 Å². The lowest BCUT2D eigenvalue weighted by Crippen LogP contribution is -2.34. The molecule has 1 heterocycles. The van der Waals surface area contributed by atoms with Crippen molar-refractivity contribution in [2.45, 2.75) is 26.2 Å². The van der Waals surface area contributed by atoms with Crippen molar-refractivity contribution in [3.05, 3.63) is 29.8 Å². The maximum absolute atomic E-state index is 12.1. The molecule has 2 rings (SSSR count). The minimum Gasteiger partial charge on any atom is -0.493 e. The van der Waals surface area contributed by atoms with E-state index in [1.54, 1.807) is 0 Å². The first-order valence-electron chi connectivity index (χ1n) is 6.18. The zero-order valence-electron chi connectivity index (χ0n) is 10.4. The van der Waals surface area contributed by atoms with Gasteiger partial charge in [0.25, 0.3) is 0 Å². The molecule has 0 spiro atoms. The number of hydrogen-bond donors (Lipinski definition) is 1. The number of ether oxygens (including phenoxy) is 1. The third-order valence-electron chi connectivity index (χ3n) is 2.96. The number of carbonyl (C=O) groups is 1. The molecule has 1 amide bonds. The second kappa shape index (κ2) is 5.21. The van der Waals surface area contributed by atoms with Crippen LogP contribution < -0.4 is 10.1 Å². The van der Waals surface area contributed by atoms with Gasteiger partial charge in [-0.1, -0.05) is 32.0 Å². The average molecular weight is 233 g/mol. The second-order valence-corrected chi connectivity index (χ2v) is 4.87. The van der Waals surface area contributed by atoms with E-state index in [0.29, 0.717) is 12.5 Å². The van der Waals surface area contributed by atoms with Gasteiger partial charge in [-0.2, -0.15) is 0 Å². The highest BCUT2D eigenvalue weighted by molar-refractivity contribution is 5.84. The summed E-state index contributed by atoms with van der Waals surface area (Å²) in [4.78, 5) is 12.1. The van der Waals surface area contributed by atoms with Gasteiger partial charge in [0, 0.05) is 12.1 Å². The van der Waals surface area contributed by atoms with Crippen molar-refractivity contribution in [2.75, 3.05) is 13.2 Å². The van der Waals surface area contributed by atoms with E-state index >= 15 is 0 Å². The Morgan fingerprint density at radius 2 is 2.24 bits per heavy atom. The van der Waals surface area contributed by atoms with Crippen LogP contribution in [0.25, 0.3) is 0 Å². The SMILES string of the molecule is CC(C)CNC(=O)C1CCOc2ccccc21.